The zero-order valence-corrected chi connectivity index (χ0v) is 17.5. The molecule has 0 spiro atoms. The van der Waals surface area contributed by atoms with Crippen molar-refractivity contribution in [2.75, 3.05) is 13.2 Å². The summed E-state index contributed by atoms with van der Waals surface area (Å²) in [6.45, 7) is 2.25. The van der Waals surface area contributed by atoms with Crippen molar-refractivity contribution in [2.45, 2.75) is 63.3 Å². The van der Waals surface area contributed by atoms with Crippen molar-refractivity contribution in [3.8, 4) is 17.6 Å². The lowest BCUT2D eigenvalue weighted by molar-refractivity contribution is 0.200. The highest BCUT2D eigenvalue weighted by molar-refractivity contribution is 5.37. The van der Waals surface area contributed by atoms with Gasteiger partial charge in [0.2, 0.25) is 0 Å². The van der Waals surface area contributed by atoms with E-state index in [0.29, 0.717) is 6.61 Å². The number of aliphatic hydroxyl groups is 1. The van der Waals surface area contributed by atoms with Crippen LogP contribution < -0.4 is 10.5 Å². The molecule has 0 bridgehead atoms. The Morgan fingerprint density at radius 3 is 2.38 bits per heavy atom. The maximum Gasteiger partial charge on any atom is 0.149 e. The third-order valence-electron chi connectivity index (χ3n) is 5.80. The maximum absolute atomic E-state index is 9.24. The zero-order chi connectivity index (χ0) is 20.5. The first kappa shape index (κ1) is 21.4. The SMILES string of the molecule is CC(N)(CO)CCc1ccc(C#CCOc2ccc(C3CCCCC3)cc2)cc1. The first-order valence-electron chi connectivity index (χ1n) is 10.8. The van der Waals surface area contributed by atoms with Gasteiger partial charge in [-0.1, -0.05) is 55.4 Å². The summed E-state index contributed by atoms with van der Waals surface area (Å²) in [6.07, 6.45) is 8.33. The Bertz CT molecular complexity index is 807. The van der Waals surface area contributed by atoms with Crippen molar-refractivity contribution in [1.29, 1.82) is 0 Å². The molecule has 0 heterocycles. The first-order valence-corrected chi connectivity index (χ1v) is 10.8. The van der Waals surface area contributed by atoms with Gasteiger partial charge in [0.15, 0.2) is 0 Å². The molecule has 3 N–H and O–H groups in total. The van der Waals surface area contributed by atoms with Gasteiger partial charge in [0.25, 0.3) is 0 Å². The maximum atomic E-state index is 9.24. The van der Waals surface area contributed by atoms with Crippen LogP contribution in [0.1, 0.15) is 68.1 Å². The number of hydrogen-bond acceptors (Lipinski definition) is 3. The lowest BCUT2D eigenvalue weighted by Crippen LogP contribution is -2.40. The number of ether oxygens (including phenoxy) is 1. The highest BCUT2D eigenvalue weighted by Gasteiger charge is 2.16. The Balaban J connectivity index is 1.45. The molecule has 3 nitrogen and oxygen atoms in total. The Morgan fingerprint density at radius 2 is 1.72 bits per heavy atom. The van der Waals surface area contributed by atoms with E-state index in [1.54, 1.807) is 0 Å². The van der Waals surface area contributed by atoms with Crippen molar-refractivity contribution in [3.63, 3.8) is 0 Å². The number of aliphatic hydroxyl groups excluding tert-OH is 1. The second-order valence-corrected chi connectivity index (χ2v) is 8.50. The smallest absolute Gasteiger partial charge is 0.149 e. The second-order valence-electron chi connectivity index (χ2n) is 8.50. The third-order valence-corrected chi connectivity index (χ3v) is 5.80. The first-order chi connectivity index (χ1) is 14.1. The van der Waals surface area contributed by atoms with Crippen molar-refractivity contribution in [1.82, 2.24) is 0 Å². The minimum Gasteiger partial charge on any atom is -0.481 e. The molecule has 2 aromatic carbocycles. The minimum atomic E-state index is -0.523. The van der Waals surface area contributed by atoms with Crippen LogP contribution in [-0.2, 0) is 6.42 Å². The summed E-state index contributed by atoms with van der Waals surface area (Å²) in [7, 11) is 0. The molecule has 1 unspecified atom stereocenters. The Morgan fingerprint density at radius 1 is 1.03 bits per heavy atom. The normalized spacial score (nSPS) is 16.5. The number of aryl methyl sites for hydroxylation is 1. The molecule has 3 heteroatoms. The fourth-order valence-electron chi connectivity index (χ4n) is 3.79. The summed E-state index contributed by atoms with van der Waals surface area (Å²) in [4.78, 5) is 0. The van der Waals surface area contributed by atoms with Gasteiger partial charge in [-0.25, -0.2) is 0 Å². The average Bonchev–Trinajstić information content (AvgIpc) is 2.77. The van der Waals surface area contributed by atoms with Gasteiger partial charge in [0.1, 0.15) is 12.4 Å². The molecule has 154 valence electrons. The van der Waals surface area contributed by atoms with Crippen LogP contribution in [0.25, 0.3) is 0 Å². The molecule has 29 heavy (non-hydrogen) atoms. The van der Waals surface area contributed by atoms with Crippen LogP contribution in [0.4, 0.5) is 0 Å². The molecule has 0 aliphatic heterocycles. The monoisotopic (exact) mass is 391 g/mol. The van der Waals surface area contributed by atoms with E-state index in [4.69, 9.17) is 10.5 Å². The van der Waals surface area contributed by atoms with Gasteiger partial charge in [-0.15, -0.1) is 0 Å². The van der Waals surface area contributed by atoms with Crippen molar-refractivity contribution in [3.05, 3.63) is 65.2 Å². The molecule has 3 rings (SSSR count). The molecule has 0 amide bonds. The largest absolute Gasteiger partial charge is 0.481 e. The predicted molar refractivity (Wildman–Crippen MR) is 119 cm³/mol. The number of hydrogen-bond donors (Lipinski definition) is 2. The minimum absolute atomic E-state index is 0.000132. The number of rotatable bonds is 7. The van der Waals surface area contributed by atoms with E-state index in [0.717, 1.165) is 30.1 Å². The molecule has 0 saturated heterocycles. The number of benzene rings is 2. The quantitative estimate of drug-likeness (QED) is 0.666. The van der Waals surface area contributed by atoms with Gasteiger partial charge in [-0.05, 0) is 73.9 Å². The predicted octanol–water partition coefficient (Wildman–Crippen LogP) is 4.81. The Kier molecular flexibility index (Phi) is 7.75. The van der Waals surface area contributed by atoms with Gasteiger partial charge in [0, 0.05) is 11.1 Å². The molecule has 1 atom stereocenters. The van der Waals surface area contributed by atoms with Crippen molar-refractivity contribution < 1.29 is 9.84 Å². The molecule has 1 fully saturated rings. The van der Waals surface area contributed by atoms with Crippen LogP contribution in [0.15, 0.2) is 48.5 Å². The van der Waals surface area contributed by atoms with E-state index in [1.807, 2.05) is 19.1 Å². The molecule has 1 aliphatic carbocycles. The van der Waals surface area contributed by atoms with Gasteiger partial charge in [-0.3, -0.25) is 0 Å². The van der Waals surface area contributed by atoms with E-state index in [-0.39, 0.29) is 6.61 Å². The summed E-state index contributed by atoms with van der Waals surface area (Å²) >= 11 is 0. The standard InChI is InChI=1S/C26H33NO2/c1-26(27,20-28)18-17-22-11-9-21(10-12-22)6-5-19-29-25-15-13-24(14-16-25)23-7-3-2-4-8-23/h9-16,23,28H,2-4,7-8,17-20,27H2,1H3. The Labute approximate surface area is 175 Å². The van der Waals surface area contributed by atoms with Gasteiger partial charge >= 0.3 is 0 Å². The van der Waals surface area contributed by atoms with Crippen molar-refractivity contribution >= 4 is 0 Å². The van der Waals surface area contributed by atoms with E-state index < -0.39 is 5.54 Å². The van der Waals surface area contributed by atoms with E-state index in [2.05, 4.69) is 48.2 Å². The fourth-order valence-corrected chi connectivity index (χ4v) is 3.79. The lowest BCUT2D eigenvalue weighted by atomic mass is 9.84. The molecule has 0 radical (unpaired) electrons. The van der Waals surface area contributed by atoms with Crippen LogP contribution in [0, 0.1) is 11.8 Å². The van der Waals surface area contributed by atoms with Gasteiger partial charge < -0.3 is 15.6 Å². The second kappa shape index (κ2) is 10.5. The summed E-state index contributed by atoms with van der Waals surface area (Å²) in [6, 6.07) is 16.7. The fraction of sp³-hybridized carbons (Fsp3) is 0.462. The van der Waals surface area contributed by atoms with Crippen LogP contribution in [0.3, 0.4) is 0 Å². The van der Waals surface area contributed by atoms with E-state index >= 15 is 0 Å². The molecule has 1 aliphatic rings. The zero-order valence-electron chi connectivity index (χ0n) is 17.5. The van der Waals surface area contributed by atoms with Gasteiger partial charge in [-0.2, -0.15) is 0 Å². The Hall–Kier alpha value is -2.28. The summed E-state index contributed by atoms with van der Waals surface area (Å²) in [5.41, 5.74) is 9.08. The third kappa shape index (κ3) is 6.92. The average molecular weight is 392 g/mol. The molecular formula is C26H33NO2. The molecule has 2 aromatic rings. The summed E-state index contributed by atoms with van der Waals surface area (Å²) in [5, 5.41) is 9.24. The molecule has 0 aromatic heterocycles. The molecular weight excluding hydrogens is 358 g/mol. The summed E-state index contributed by atoms with van der Waals surface area (Å²) in [5.74, 6) is 7.84. The lowest BCUT2D eigenvalue weighted by Gasteiger charge is -2.22. The summed E-state index contributed by atoms with van der Waals surface area (Å²) < 4.78 is 5.77. The van der Waals surface area contributed by atoms with Crippen LogP contribution >= 0.6 is 0 Å². The topological polar surface area (TPSA) is 55.5 Å². The van der Waals surface area contributed by atoms with Gasteiger partial charge in [0.05, 0.1) is 6.61 Å². The highest BCUT2D eigenvalue weighted by atomic mass is 16.5. The van der Waals surface area contributed by atoms with Crippen LogP contribution in [0.2, 0.25) is 0 Å². The molecule has 1 saturated carbocycles. The van der Waals surface area contributed by atoms with Crippen LogP contribution in [0.5, 0.6) is 5.75 Å². The van der Waals surface area contributed by atoms with Crippen molar-refractivity contribution in [2.24, 2.45) is 5.73 Å². The highest BCUT2D eigenvalue weighted by Crippen LogP contribution is 2.33. The number of nitrogens with two attached hydrogens (primary N) is 1. The van der Waals surface area contributed by atoms with Crippen LogP contribution in [-0.4, -0.2) is 23.9 Å². The van der Waals surface area contributed by atoms with E-state index in [1.165, 1.54) is 43.2 Å². The van der Waals surface area contributed by atoms with E-state index in [9.17, 15) is 5.11 Å².